The fraction of sp³-hybridized carbons (Fsp3) is 0.478. The summed E-state index contributed by atoms with van der Waals surface area (Å²) in [5.41, 5.74) is 1.78. The number of aliphatic hydroxyl groups excluding tert-OH is 1. The number of hydrogen-bond donors (Lipinski definition) is 5. The maximum Gasteiger partial charge on any atom is 0.315 e. The smallest absolute Gasteiger partial charge is 0.315 e. The van der Waals surface area contributed by atoms with Gasteiger partial charge in [-0.3, -0.25) is 4.79 Å². The zero-order valence-corrected chi connectivity index (χ0v) is 18.7. The fourth-order valence-electron chi connectivity index (χ4n) is 3.35. The Balaban J connectivity index is 2.05. The second-order valence-corrected chi connectivity index (χ2v) is 8.06. The molecule has 0 aliphatic heterocycles. The monoisotopic (exact) mass is 440 g/mol. The van der Waals surface area contributed by atoms with Crippen LogP contribution in [-0.2, 0) is 0 Å². The molecule has 5 N–H and O–H groups in total. The molecule has 9 heteroatoms. The molecule has 0 bridgehead atoms. The molecule has 9 nitrogen and oxygen atoms in total. The van der Waals surface area contributed by atoms with Crippen molar-refractivity contribution in [3.8, 4) is 6.07 Å². The second-order valence-electron chi connectivity index (χ2n) is 8.06. The largest absolute Gasteiger partial charge is 0.395 e. The molecule has 1 aliphatic carbocycles. The zero-order valence-electron chi connectivity index (χ0n) is 18.7. The van der Waals surface area contributed by atoms with Crippen LogP contribution < -0.4 is 16.0 Å². The van der Waals surface area contributed by atoms with E-state index in [1.807, 2.05) is 32.1 Å². The molecule has 1 aliphatic rings. The quantitative estimate of drug-likeness (QED) is 0.280. The highest BCUT2D eigenvalue weighted by atomic mass is 16.3. The maximum atomic E-state index is 12.1. The molecule has 3 amide bonds. The Morgan fingerprint density at radius 3 is 2.81 bits per heavy atom. The average Bonchev–Trinajstić information content (AvgIpc) is 3.26. The first kappa shape index (κ1) is 24.9. The van der Waals surface area contributed by atoms with Crippen molar-refractivity contribution < 1.29 is 14.7 Å². The van der Waals surface area contributed by atoms with Gasteiger partial charge in [0.05, 0.1) is 12.1 Å². The number of carbonyl (C=O) groups excluding carboxylic acids is 2. The highest BCUT2D eigenvalue weighted by molar-refractivity contribution is 5.90. The first-order chi connectivity index (χ1) is 15.4. The van der Waals surface area contributed by atoms with Gasteiger partial charge in [-0.1, -0.05) is 29.9 Å². The first-order valence-electron chi connectivity index (χ1n) is 10.8. The Morgan fingerprint density at radius 1 is 1.34 bits per heavy atom. The van der Waals surface area contributed by atoms with Crippen molar-refractivity contribution in [1.82, 2.24) is 25.9 Å². The number of aromatic nitrogens is 2. The number of amides is 3. The molecule has 0 aromatic carbocycles. The molecule has 172 valence electrons. The van der Waals surface area contributed by atoms with Crippen molar-refractivity contribution in [2.45, 2.75) is 51.5 Å². The molecule has 0 saturated heterocycles. The number of aliphatic hydroxyl groups is 1. The maximum absolute atomic E-state index is 12.1. The van der Waals surface area contributed by atoms with E-state index < -0.39 is 11.4 Å². The minimum absolute atomic E-state index is 0.0810. The van der Waals surface area contributed by atoms with Gasteiger partial charge in [0.2, 0.25) is 0 Å². The van der Waals surface area contributed by atoms with Crippen LogP contribution in [-0.4, -0.2) is 52.2 Å². The summed E-state index contributed by atoms with van der Waals surface area (Å²) in [6.45, 7) is 4.11. The molecule has 1 heterocycles. The Hall–Kier alpha value is -3.38. The second kappa shape index (κ2) is 12.5. The number of urea groups is 1. The molecular weight excluding hydrogens is 408 g/mol. The third-order valence-corrected chi connectivity index (χ3v) is 5.10. The van der Waals surface area contributed by atoms with Gasteiger partial charge in [0, 0.05) is 19.3 Å². The molecule has 0 atom stereocenters. The number of nitrogens with zero attached hydrogens (tertiary/aromatic N) is 2. The van der Waals surface area contributed by atoms with Crippen molar-refractivity contribution >= 4 is 11.9 Å². The number of nitriles is 1. The molecular formula is C23H32N6O3. The summed E-state index contributed by atoms with van der Waals surface area (Å²) in [6.07, 6.45) is 14.9. The van der Waals surface area contributed by atoms with E-state index in [-0.39, 0.29) is 37.2 Å². The van der Waals surface area contributed by atoms with E-state index in [4.69, 9.17) is 10.4 Å². The van der Waals surface area contributed by atoms with E-state index in [2.05, 4.69) is 38.1 Å². The van der Waals surface area contributed by atoms with Crippen molar-refractivity contribution in [3.05, 3.63) is 53.2 Å². The minimum atomic E-state index is -0.669. The summed E-state index contributed by atoms with van der Waals surface area (Å²) in [6, 6.07) is 1.51. The lowest BCUT2D eigenvalue weighted by atomic mass is 9.90. The number of nitrogens with one attached hydrogen (secondary N) is 4. The van der Waals surface area contributed by atoms with Crippen LogP contribution in [0, 0.1) is 11.3 Å². The van der Waals surface area contributed by atoms with E-state index >= 15 is 0 Å². The molecule has 0 saturated carbocycles. The standard InChI is InChI=1S/C23H32N6O3/c1-23(2,29-22(32)26-13-14-30)18(11-10-17-7-4-3-5-8-17)9-6-12-25-21(31)20-27-16-19(15-24)28-20/h6-7,9,11,16,30H,3-5,8,10,12-14H2,1-2H3,(H,25,31)(H,27,28)(H2,26,29,32)/b9-6-,18-11+. The number of carbonyl (C=O) groups is 2. The highest BCUT2D eigenvalue weighted by Crippen LogP contribution is 2.24. The average molecular weight is 441 g/mol. The lowest BCUT2D eigenvalue weighted by Gasteiger charge is -2.28. The van der Waals surface area contributed by atoms with Gasteiger partial charge in [-0.2, -0.15) is 5.26 Å². The predicted octanol–water partition coefficient (Wildman–Crippen LogP) is 2.45. The van der Waals surface area contributed by atoms with Gasteiger partial charge in [0.1, 0.15) is 6.07 Å². The minimum Gasteiger partial charge on any atom is -0.395 e. The first-order valence-corrected chi connectivity index (χ1v) is 10.8. The molecule has 0 unspecified atom stereocenters. The Kier molecular flexibility index (Phi) is 9.70. The molecule has 0 radical (unpaired) electrons. The van der Waals surface area contributed by atoms with Gasteiger partial charge in [-0.25, -0.2) is 9.78 Å². The van der Waals surface area contributed by atoms with Gasteiger partial charge in [-0.15, -0.1) is 0 Å². The number of aromatic amines is 1. The van der Waals surface area contributed by atoms with Crippen LogP contribution >= 0.6 is 0 Å². The van der Waals surface area contributed by atoms with Crippen molar-refractivity contribution in [2.75, 3.05) is 19.7 Å². The van der Waals surface area contributed by atoms with Crippen LogP contribution in [0.4, 0.5) is 4.79 Å². The SMILES string of the molecule is CC(C)(NC(=O)NCCO)C(/C=C\CNC(=O)c1nc(C#N)c[nH]1)=C/CC1=CCCCC1. The van der Waals surface area contributed by atoms with Crippen LogP contribution in [0.1, 0.15) is 62.3 Å². The Labute approximate surface area is 188 Å². The lowest BCUT2D eigenvalue weighted by molar-refractivity contribution is 0.0948. The molecule has 2 rings (SSSR count). The van der Waals surface area contributed by atoms with E-state index in [1.165, 1.54) is 24.6 Å². The van der Waals surface area contributed by atoms with Gasteiger partial charge < -0.3 is 26.0 Å². The third-order valence-electron chi connectivity index (χ3n) is 5.10. The van der Waals surface area contributed by atoms with Gasteiger partial charge in [-0.05, 0) is 51.5 Å². The van der Waals surface area contributed by atoms with Crippen LogP contribution in [0.2, 0.25) is 0 Å². The van der Waals surface area contributed by atoms with Crippen molar-refractivity contribution in [1.29, 1.82) is 5.26 Å². The molecule has 0 spiro atoms. The van der Waals surface area contributed by atoms with Crippen LogP contribution in [0.3, 0.4) is 0 Å². The number of allylic oxidation sites excluding steroid dienone is 3. The van der Waals surface area contributed by atoms with E-state index in [0.29, 0.717) is 0 Å². The Morgan fingerprint density at radius 2 is 2.16 bits per heavy atom. The lowest BCUT2D eigenvalue weighted by Crippen LogP contribution is -2.49. The van der Waals surface area contributed by atoms with E-state index in [1.54, 1.807) is 0 Å². The van der Waals surface area contributed by atoms with Crippen molar-refractivity contribution in [3.63, 3.8) is 0 Å². The van der Waals surface area contributed by atoms with Gasteiger partial charge >= 0.3 is 6.03 Å². The topological polar surface area (TPSA) is 143 Å². The number of rotatable bonds is 10. The van der Waals surface area contributed by atoms with Gasteiger partial charge in [0.15, 0.2) is 11.5 Å². The normalized spacial score (nSPS) is 14.6. The molecule has 0 fully saturated rings. The van der Waals surface area contributed by atoms with Crippen molar-refractivity contribution in [2.24, 2.45) is 0 Å². The fourth-order valence-corrected chi connectivity index (χ4v) is 3.35. The highest BCUT2D eigenvalue weighted by Gasteiger charge is 2.23. The molecule has 32 heavy (non-hydrogen) atoms. The summed E-state index contributed by atoms with van der Waals surface area (Å²) in [4.78, 5) is 30.8. The number of imidazole rings is 1. The Bertz CT molecular complexity index is 920. The summed E-state index contributed by atoms with van der Waals surface area (Å²) >= 11 is 0. The zero-order chi connectivity index (χ0) is 23.4. The van der Waals surface area contributed by atoms with Crippen LogP contribution in [0.25, 0.3) is 0 Å². The summed E-state index contributed by atoms with van der Waals surface area (Å²) in [7, 11) is 0. The molecule has 1 aromatic heterocycles. The van der Waals surface area contributed by atoms with Gasteiger partial charge in [0.25, 0.3) is 5.91 Å². The molecule has 1 aromatic rings. The van der Waals surface area contributed by atoms with E-state index in [9.17, 15) is 9.59 Å². The van der Waals surface area contributed by atoms with Crippen LogP contribution in [0.5, 0.6) is 0 Å². The third kappa shape index (κ3) is 8.04. The summed E-state index contributed by atoms with van der Waals surface area (Å²) in [5, 5.41) is 26.0. The number of H-pyrrole nitrogens is 1. The van der Waals surface area contributed by atoms with E-state index in [0.717, 1.165) is 24.8 Å². The van der Waals surface area contributed by atoms with Crippen LogP contribution in [0.15, 0.2) is 41.6 Å². The summed E-state index contributed by atoms with van der Waals surface area (Å²) in [5.74, 6) is -0.327. The number of hydrogen-bond acceptors (Lipinski definition) is 5. The predicted molar refractivity (Wildman–Crippen MR) is 122 cm³/mol. The summed E-state index contributed by atoms with van der Waals surface area (Å²) < 4.78 is 0.